The van der Waals surface area contributed by atoms with E-state index in [1.165, 1.54) is 52.8 Å². The highest BCUT2D eigenvalue weighted by Gasteiger charge is 2.10. The minimum absolute atomic E-state index is 1.21. The molecular weight excluding hydrogens is 310 g/mol. The molecule has 4 aromatic carbocycles. The van der Waals surface area contributed by atoms with Crippen LogP contribution in [-0.2, 0) is 0 Å². The molecule has 2 heterocycles. The zero-order chi connectivity index (χ0) is 15.7. The number of nitrogens with one attached hydrogen (secondary N) is 1. The Morgan fingerprint density at radius 3 is 2.17 bits per heavy atom. The third-order valence-electron chi connectivity index (χ3n) is 4.96. The first-order chi connectivity index (χ1) is 11.9. The normalized spacial score (nSPS) is 12.2. The second kappa shape index (κ2) is 4.37. The average Bonchev–Trinajstić information content (AvgIpc) is 3.14. The van der Waals surface area contributed by atoms with Crippen molar-refractivity contribution in [1.82, 2.24) is 4.98 Å². The van der Waals surface area contributed by atoms with Gasteiger partial charge in [0.2, 0.25) is 0 Å². The van der Waals surface area contributed by atoms with Crippen LogP contribution in [-0.4, -0.2) is 4.98 Å². The highest BCUT2D eigenvalue weighted by Crippen LogP contribution is 2.38. The molecule has 6 rings (SSSR count). The SMILES string of the molecule is c1ccc2cc3c(cc2c1)[nH]c1cc2sc4ccccc4c2cc13. The molecule has 1 N–H and O–H groups in total. The molecule has 0 spiro atoms. The third-order valence-corrected chi connectivity index (χ3v) is 6.10. The number of hydrogen-bond acceptors (Lipinski definition) is 1. The summed E-state index contributed by atoms with van der Waals surface area (Å²) in [6.45, 7) is 0. The minimum Gasteiger partial charge on any atom is -0.354 e. The minimum atomic E-state index is 1.21. The van der Waals surface area contributed by atoms with Crippen molar-refractivity contribution >= 4 is 64.1 Å². The predicted octanol–water partition coefficient (Wildman–Crippen LogP) is 6.84. The first kappa shape index (κ1) is 12.6. The van der Waals surface area contributed by atoms with E-state index in [0.717, 1.165) is 0 Å². The lowest BCUT2D eigenvalue weighted by atomic mass is 10.0. The molecule has 0 fully saturated rings. The second-order valence-electron chi connectivity index (χ2n) is 6.36. The molecule has 2 heteroatoms. The van der Waals surface area contributed by atoms with Crippen LogP contribution in [0.15, 0.2) is 72.8 Å². The summed E-state index contributed by atoms with van der Waals surface area (Å²) in [5.41, 5.74) is 2.44. The van der Waals surface area contributed by atoms with E-state index in [1.807, 2.05) is 11.3 Å². The Hall–Kier alpha value is -2.84. The largest absolute Gasteiger partial charge is 0.354 e. The van der Waals surface area contributed by atoms with Gasteiger partial charge in [0.05, 0.1) is 0 Å². The van der Waals surface area contributed by atoms with Crippen molar-refractivity contribution in [2.45, 2.75) is 0 Å². The Morgan fingerprint density at radius 1 is 0.542 bits per heavy atom. The Morgan fingerprint density at radius 2 is 1.25 bits per heavy atom. The smallest absolute Gasteiger partial charge is 0.0479 e. The van der Waals surface area contributed by atoms with Gasteiger partial charge in [-0.25, -0.2) is 0 Å². The van der Waals surface area contributed by atoms with Gasteiger partial charge >= 0.3 is 0 Å². The lowest BCUT2D eigenvalue weighted by molar-refractivity contribution is 1.57. The lowest BCUT2D eigenvalue weighted by Gasteiger charge is -1.98. The molecule has 0 unspecified atom stereocenters. The number of fused-ring (bicyclic) bond motifs is 7. The van der Waals surface area contributed by atoms with Crippen molar-refractivity contribution in [3.8, 4) is 0 Å². The van der Waals surface area contributed by atoms with Crippen LogP contribution < -0.4 is 0 Å². The molecule has 0 aliphatic heterocycles. The molecule has 6 aromatic rings. The van der Waals surface area contributed by atoms with Crippen LogP contribution in [0.5, 0.6) is 0 Å². The van der Waals surface area contributed by atoms with Crippen LogP contribution >= 0.6 is 11.3 Å². The number of hydrogen-bond donors (Lipinski definition) is 1. The maximum absolute atomic E-state index is 3.61. The summed E-state index contributed by atoms with van der Waals surface area (Å²) < 4.78 is 2.70. The van der Waals surface area contributed by atoms with Crippen molar-refractivity contribution in [3.05, 3.63) is 72.8 Å². The highest BCUT2D eigenvalue weighted by molar-refractivity contribution is 7.25. The molecule has 0 saturated carbocycles. The predicted molar refractivity (Wildman–Crippen MR) is 106 cm³/mol. The maximum Gasteiger partial charge on any atom is 0.0479 e. The third kappa shape index (κ3) is 1.58. The van der Waals surface area contributed by atoms with Crippen LogP contribution in [0.4, 0.5) is 0 Å². The zero-order valence-electron chi connectivity index (χ0n) is 12.8. The molecule has 2 aromatic heterocycles. The first-order valence-corrected chi connectivity index (χ1v) is 8.94. The quantitative estimate of drug-likeness (QED) is 0.315. The summed E-state index contributed by atoms with van der Waals surface area (Å²) in [5.74, 6) is 0. The summed E-state index contributed by atoms with van der Waals surface area (Å²) in [5, 5.41) is 7.91. The summed E-state index contributed by atoms with van der Waals surface area (Å²) in [6.07, 6.45) is 0. The van der Waals surface area contributed by atoms with E-state index in [9.17, 15) is 0 Å². The second-order valence-corrected chi connectivity index (χ2v) is 7.45. The van der Waals surface area contributed by atoms with Gasteiger partial charge in [-0.05, 0) is 41.1 Å². The van der Waals surface area contributed by atoms with Crippen molar-refractivity contribution in [2.24, 2.45) is 0 Å². The molecule has 1 nitrogen and oxygen atoms in total. The Labute approximate surface area is 142 Å². The van der Waals surface area contributed by atoms with E-state index < -0.39 is 0 Å². The van der Waals surface area contributed by atoms with E-state index in [-0.39, 0.29) is 0 Å². The van der Waals surface area contributed by atoms with Crippen molar-refractivity contribution in [2.75, 3.05) is 0 Å². The van der Waals surface area contributed by atoms with Gasteiger partial charge < -0.3 is 4.98 Å². The summed E-state index contributed by atoms with van der Waals surface area (Å²) in [4.78, 5) is 3.61. The molecule has 0 aliphatic rings. The van der Waals surface area contributed by atoms with E-state index in [4.69, 9.17) is 0 Å². The van der Waals surface area contributed by atoms with Crippen molar-refractivity contribution in [3.63, 3.8) is 0 Å². The molecular formula is C22H13NS. The first-order valence-electron chi connectivity index (χ1n) is 8.12. The number of H-pyrrole nitrogens is 1. The van der Waals surface area contributed by atoms with Gasteiger partial charge in [0.1, 0.15) is 0 Å². The van der Waals surface area contributed by atoms with Gasteiger partial charge in [0.15, 0.2) is 0 Å². The van der Waals surface area contributed by atoms with Crippen molar-refractivity contribution in [1.29, 1.82) is 0 Å². The molecule has 0 saturated heterocycles. The average molecular weight is 323 g/mol. The zero-order valence-corrected chi connectivity index (χ0v) is 13.7. The van der Waals surface area contributed by atoms with Crippen LogP contribution in [0.25, 0.3) is 52.8 Å². The summed E-state index contributed by atoms with van der Waals surface area (Å²) in [7, 11) is 0. The van der Waals surface area contributed by atoms with E-state index >= 15 is 0 Å². The monoisotopic (exact) mass is 323 g/mol. The Kier molecular flexibility index (Phi) is 2.29. The van der Waals surface area contributed by atoms with E-state index in [0.29, 0.717) is 0 Å². The number of aromatic nitrogens is 1. The highest BCUT2D eigenvalue weighted by atomic mass is 32.1. The maximum atomic E-state index is 3.61. The van der Waals surface area contributed by atoms with Gasteiger partial charge in [-0.2, -0.15) is 0 Å². The fourth-order valence-electron chi connectivity index (χ4n) is 3.81. The summed E-state index contributed by atoms with van der Waals surface area (Å²) in [6, 6.07) is 26.5. The number of aromatic amines is 1. The van der Waals surface area contributed by atoms with Crippen LogP contribution in [0.2, 0.25) is 0 Å². The molecule has 0 radical (unpaired) electrons. The topological polar surface area (TPSA) is 15.8 Å². The van der Waals surface area contributed by atoms with Gasteiger partial charge in [-0.3, -0.25) is 0 Å². The van der Waals surface area contributed by atoms with Crippen LogP contribution in [0.1, 0.15) is 0 Å². The molecule has 112 valence electrons. The van der Waals surface area contributed by atoms with E-state index in [2.05, 4.69) is 77.8 Å². The number of rotatable bonds is 0. The Bertz CT molecular complexity index is 1400. The molecule has 24 heavy (non-hydrogen) atoms. The standard InChI is InChI=1S/C22H13NS/c1-2-6-14-10-19-16(9-13(14)5-1)17-11-18-15-7-3-4-8-21(15)24-22(18)12-20(17)23-19/h1-12,23H. The van der Waals surface area contributed by atoms with Gasteiger partial charge in [0, 0.05) is 42.0 Å². The lowest BCUT2D eigenvalue weighted by Crippen LogP contribution is -1.73. The van der Waals surface area contributed by atoms with Gasteiger partial charge in [0.25, 0.3) is 0 Å². The molecule has 0 atom stereocenters. The summed E-state index contributed by atoms with van der Waals surface area (Å²) >= 11 is 1.87. The number of benzene rings is 4. The Balaban J connectivity index is 1.82. The molecule has 0 amide bonds. The van der Waals surface area contributed by atoms with Gasteiger partial charge in [-0.15, -0.1) is 11.3 Å². The van der Waals surface area contributed by atoms with Gasteiger partial charge in [-0.1, -0.05) is 42.5 Å². The molecule has 0 bridgehead atoms. The van der Waals surface area contributed by atoms with Crippen LogP contribution in [0.3, 0.4) is 0 Å². The van der Waals surface area contributed by atoms with E-state index in [1.54, 1.807) is 0 Å². The number of thiophene rings is 1. The fourth-order valence-corrected chi connectivity index (χ4v) is 4.94. The van der Waals surface area contributed by atoms with Crippen LogP contribution in [0, 0.1) is 0 Å². The van der Waals surface area contributed by atoms with Crippen molar-refractivity contribution < 1.29 is 0 Å². The molecule has 0 aliphatic carbocycles. The fraction of sp³-hybridized carbons (Fsp3) is 0.